The number of unbranched alkanes of at least 4 members (excludes halogenated alkanes) is 3. The van der Waals surface area contributed by atoms with Crippen molar-refractivity contribution in [1.82, 2.24) is 9.80 Å². The SMILES string of the molecule is C=CCN(C(=O)C1N(CCCCCCO)C(=O)[C@@H]2[C@@H](C(=O)OCC)[C@H]3CC(C)C12S3)C(C)CCC. The molecule has 3 aliphatic heterocycles. The highest BCUT2D eigenvalue weighted by Crippen LogP contribution is 2.68. The maximum atomic E-state index is 14.3. The number of aliphatic hydroxyl groups excluding tert-OH is 1. The molecule has 0 aliphatic carbocycles. The molecule has 0 saturated carbocycles. The highest BCUT2D eigenvalue weighted by atomic mass is 32.2. The maximum Gasteiger partial charge on any atom is 0.310 e. The van der Waals surface area contributed by atoms with E-state index in [0.717, 1.165) is 44.9 Å². The Morgan fingerprint density at radius 3 is 2.66 bits per heavy atom. The normalized spacial score (nSPS) is 32.0. The summed E-state index contributed by atoms with van der Waals surface area (Å²) in [4.78, 5) is 45.1. The molecule has 2 bridgehead atoms. The number of amides is 2. The van der Waals surface area contributed by atoms with Crippen molar-refractivity contribution in [3.63, 3.8) is 0 Å². The molecule has 3 fully saturated rings. The largest absolute Gasteiger partial charge is 0.466 e. The van der Waals surface area contributed by atoms with Crippen LogP contribution in [0.25, 0.3) is 0 Å². The van der Waals surface area contributed by atoms with Crippen LogP contribution in [0.4, 0.5) is 0 Å². The molecule has 0 aromatic rings. The smallest absolute Gasteiger partial charge is 0.310 e. The number of carbonyl (C=O) groups excluding carboxylic acids is 3. The second kappa shape index (κ2) is 12.1. The van der Waals surface area contributed by atoms with Crippen LogP contribution < -0.4 is 0 Å². The lowest BCUT2D eigenvalue weighted by Crippen LogP contribution is -2.58. The summed E-state index contributed by atoms with van der Waals surface area (Å²) in [5.74, 6) is -1.22. The first-order valence-electron chi connectivity index (χ1n) is 13.5. The van der Waals surface area contributed by atoms with Crippen LogP contribution in [0.5, 0.6) is 0 Å². The summed E-state index contributed by atoms with van der Waals surface area (Å²) >= 11 is 1.70. The van der Waals surface area contributed by atoms with Crippen molar-refractivity contribution >= 4 is 29.5 Å². The quantitative estimate of drug-likeness (QED) is 0.219. The van der Waals surface area contributed by atoms with Crippen molar-refractivity contribution in [1.29, 1.82) is 0 Å². The Bertz CT molecular complexity index is 792. The minimum absolute atomic E-state index is 0.0124. The third-order valence-corrected chi connectivity index (χ3v) is 10.3. The topological polar surface area (TPSA) is 87.2 Å². The minimum atomic E-state index is -0.604. The van der Waals surface area contributed by atoms with Gasteiger partial charge in [0.25, 0.3) is 0 Å². The number of thioether (sulfide) groups is 1. The number of ether oxygens (including phenoxy) is 1. The Morgan fingerprint density at radius 1 is 1.31 bits per heavy atom. The Morgan fingerprint density at radius 2 is 2.03 bits per heavy atom. The maximum absolute atomic E-state index is 14.3. The molecule has 1 N–H and O–H groups in total. The van der Waals surface area contributed by atoms with Gasteiger partial charge in [0.15, 0.2) is 0 Å². The van der Waals surface area contributed by atoms with Crippen molar-refractivity contribution in [2.45, 2.75) is 94.7 Å². The molecule has 0 aromatic carbocycles. The lowest BCUT2D eigenvalue weighted by atomic mass is 9.66. The van der Waals surface area contributed by atoms with Crippen LogP contribution >= 0.6 is 11.8 Å². The van der Waals surface area contributed by atoms with E-state index in [-0.39, 0.29) is 48.2 Å². The van der Waals surface area contributed by atoms with Gasteiger partial charge in [0.2, 0.25) is 11.8 Å². The van der Waals surface area contributed by atoms with Crippen molar-refractivity contribution in [2.75, 3.05) is 26.3 Å². The number of esters is 1. The van der Waals surface area contributed by atoms with Crippen molar-refractivity contribution in [2.24, 2.45) is 17.8 Å². The van der Waals surface area contributed by atoms with Gasteiger partial charge in [-0.3, -0.25) is 14.4 Å². The summed E-state index contributed by atoms with van der Waals surface area (Å²) in [5, 5.41) is 9.12. The summed E-state index contributed by atoms with van der Waals surface area (Å²) in [6, 6.07) is -0.538. The molecule has 1 spiro atoms. The van der Waals surface area contributed by atoms with Gasteiger partial charge >= 0.3 is 5.97 Å². The number of fused-ring (bicyclic) bond motifs is 1. The molecule has 3 heterocycles. The van der Waals surface area contributed by atoms with Crippen LogP contribution in [0, 0.1) is 17.8 Å². The van der Waals surface area contributed by atoms with Gasteiger partial charge in [0, 0.05) is 31.0 Å². The highest BCUT2D eigenvalue weighted by molar-refractivity contribution is 8.02. The predicted molar refractivity (Wildman–Crippen MR) is 139 cm³/mol. The fourth-order valence-electron chi connectivity index (χ4n) is 6.65. The van der Waals surface area contributed by atoms with Crippen LogP contribution in [-0.4, -0.2) is 81.1 Å². The fraction of sp³-hybridized carbons (Fsp3) is 0.815. The van der Waals surface area contributed by atoms with E-state index in [1.807, 2.05) is 4.90 Å². The Labute approximate surface area is 215 Å². The van der Waals surface area contributed by atoms with E-state index < -0.39 is 22.6 Å². The monoisotopic (exact) mass is 508 g/mol. The van der Waals surface area contributed by atoms with E-state index in [1.165, 1.54) is 0 Å². The van der Waals surface area contributed by atoms with Crippen LogP contribution in [0.15, 0.2) is 12.7 Å². The molecule has 2 amide bonds. The highest BCUT2D eigenvalue weighted by Gasteiger charge is 2.76. The molecule has 8 heteroatoms. The van der Waals surface area contributed by atoms with E-state index in [4.69, 9.17) is 9.84 Å². The lowest BCUT2D eigenvalue weighted by Gasteiger charge is -2.41. The zero-order valence-electron chi connectivity index (χ0n) is 21.9. The second-order valence-electron chi connectivity index (χ2n) is 10.4. The summed E-state index contributed by atoms with van der Waals surface area (Å²) in [6.45, 7) is 13.4. The zero-order chi connectivity index (χ0) is 25.8. The number of nitrogens with zero attached hydrogens (tertiary/aromatic N) is 2. The first-order chi connectivity index (χ1) is 16.8. The third-order valence-electron chi connectivity index (χ3n) is 8.19. The van der Waals surface area contributed by atoms with E-state index >= 15 is 0 Å². The van der Waals surface area contributed by atoms with E-state index in [9.17, 15) is 14.4 Å². The predicted octanol–water partition coefficient (Wildman–Crippen LogP) is 3.64. The van der Waals surface area contributed by atoms with Crippen LogP contribution in [0.3, 0.4) is 0 Å². The van der Waals surface area contributed by atoms with Gasteiger partial charge in [0.05, 0.1) is 23.2 Å². The van der Waals surface area contributed by atoms with Gasteiger partial charge in [-0.05, 0) is 45.4 Å². The number of hydrogen-bond donors (Lipinski definition) is 1. The number of rotatable bonds is 14. The standard InChI is InChI=1S/C27H44N2O5S/c1-6-13-19(5)28(14-7-2)25(32)23-27-18(4)17-20(35-27)21(26(33)34-8-3)22(27)24(31)29(23)15-11-9-10-12-16-30/h7,18-23,30H,2,6,8-17H2,1,3-5H3/t18?,19?,20-,21+,22+,23?,27?/m1/s1. The first-order valence-corrected chi connectivity index (χ1v) is 14.3. The van der Waals surface area contributed by atoms with E-state index in [2.05, 4.69) is 27.4 Å². The van der Waals surface area contributed by atoms with Crippen LogP contribution in [0.1, 0.15) is 72.6 Å². The summed E-state index contributed by atoms with van der Waals surface area (Å²) in [5.41, 5.74) is 0. The third kappa shape index (κ3) is 5.02. The molecule has 3 saturated heterocycles. The van der Waals surface area contributed by atoms with Gasteiger partial charge in [-0.2, -0.15) is 0 Å². The molecule has 0 radical (unpaired) electrons. The number of likely N-dealkylation sites (tertiary alicyclic amines) is 1. The molecular weight excluding hydrogens is 464 g/mol. The van der Waals surface area contributed by atoms with Crippen molar-refractivity contribution in [3.8, 4) is 0 Å². The fourth-order valence-corrected chi connectivity index (χ4v) is 9.05. The van der Waals surface area contributed by atoms with Crippen molar-refractivity contribution < 1.29 is 24.2 Å². The summed E-state index contributed by atoms with van der Waals surface area (Å²) < 4.78 is 4.82. The average Bonchev–Trinajstić information content (AvgIpc) is 3.41. The second-order valence-corrected chi connectivity index (χ2v) is 11.9. The molecule has 3 aliphatic rings. The molecule has 198 valence electrons. The number of aliphatic hydroxyl groups is 1. The Kier molecular flexibility index (Phi) is 9.72. The molecule has 35 heavy (non-hydrogen) atoms. The average molecular weight is 509 g/mol. The summed E-state index contributed by atoms with van der Waals surface area (Å²) in [6.07, 6.45) is 7.72. The molecule has 0 aromatic heterocycles. The molecular formula is C27H44N2O5S. The van der Waals surface area contributed by atoms with Gasteiger partial charge < -0.3 is 19.6 Å². The van der Waals surface area contributed by atoms with Crippen LogP contribution in [-0.2, 0) is 19.1 Å². The number of carbonyl (C=O) groups is 3. The van der Waals surface area contributed by atoms with Gasteiger partial charge in [-0.1, -0.05) is 39.2 Å². The van der Waals surface area contributed by atoms with Gasteiger partial charge in [-0.15, -0.1) is 18.3 Å². The Hall–Kier alpha value is -1.54. The lowest BCUT2D eigenvalue weighted by molar-refractivity contribution is -0.154. The molecule has 7 atom stereocenters. The van der Waals surface area contributed by atoms with Gasteiger partial charge in [-0.25, -0.2) is 0 Å². The Balaban J connectivity index is 1.99. The summed E-state index contributed by atoms with van der Waals surface area (Å²) in [7, 11) is 0. The van der Waals surface area contributed by atoms with Crippen molar-refractivity contribution in [3.05, 3.63) is 12.7 Å². The first kappa shape index (κ1) is 28.0. The van der Waals surface area contributed by atoms with E-state index in [1.54, 1.807) is 29.7 Å². The van der Waals surface area contributed by atoms with E-state index in [0.29, 0.717) is 13.1 Å². The van der Waals surface area contributed by atoms with Gasteiger partial charge in [0.1, 0.15) is 6.04 Å². The molecule has 7 nitrogen and oxygen atoms in total. The zero-order valence-corrected chi connectivity index (χ0v) is 22.7. The van der Waals surface area contributed by atoms with Crippen LogP contribution in [0.2, 0.25) is 0 Å². The minimum Gasteiger partial charge on any atom is -0.466 e. The molecule has 3 rings (SSSR count). The number of hydrogen-bond acceptors (Lipinski definition) is 6. The molecule has 4 unspecified atom stereocenters.